The molecule has 0 fully saturated rings. The highest BCUT2D eigenvalue weighted by molar-refractivity contribution is 5.79. The molecule has 0 aromatic heterocycles. The number of amides is 1. The third-order valence-electron chi connectivity index (χ3n) is 8.67. The summed E-state index contributed by atoms with van der Waals surface area (Å²) in [5.74, 6) is 0.889. The number of para-hydroxylation sites is 1. The average molecular weight is 814 g/mol. The number of nitrogens with one attached hydrogen (secondary N) is 1. The lowest BCUT2D eigenvalue weighted by Crippen LogP contribution is -2.27. The topological polar surface area (TPSA) is 140 Å². The van der Waals surface area contributed by atoms with Crippen LogP contribution < -0.4 is 10.1 Å². The molecule has 4 rings (SSSR count). The summed E-state index contributed by atoms with van der Waals surface area (Å²) in [4.78, 5) is 12.3. The maximum Gasteiger partial charge on any atom is 0.407 e. The number of hydrogen-bond donors (Lipinski definition) is 1. The molecule has 0 unspecified atom stereocenters. The van der Waals surface area contributed by atoms with E-state index in [0.717, 1.165) is 5.75 Å². The molecule has 1 N–H and O–H groups in total. The lowest BCUT2D eigenvalue weighted by atomic mass is 9.98. The van der Waals surface area contributed by atoms with Crippen molar-refractivity contribution in [2.75, 3.05) is 152 Å². The van der Waals surface area contributed by atoms with Gasteiger partial charge in [0, 0.05) is 19.1 Å². The molecule has 0 atom stereocenters. The van der Waals surface area contributed by atoms with Crippen molar-refractivity contribution in [2.24, 2.45) is 0 Å². The zero-order valence-electron chi connectivity index (χ0n) is 33.9. The Labute approximate surface area is 343 Å². The van der Waals surface area contributed by atoms with Crippen molar-refractivity contribution in [3.8, 4) is 16.9 Å². The summed E-state index contributed by atoms with van der Waals surface area (Å²) in [6, 6.07) is 26.2. The molecule has 14 nitrogen and oxygen atoms in total. The van der Waals surface area contributed by atoms with Crippen LogP contribution >= 0.6 is 0 Å². The summed E-state index contributed by atoms with van der Waals surface area (Å²) < 4.78 is 66.3. The first-order chi connectivity index (χ1) is 28.8. The predicted octanol–water partition coefficient (Wildman–Crippen LogP) is 5.16. The summed E-state index contributed by atoms with van der Waals surface area (Å²) in [5, 5.41) is 2.81. The van der Waals surface area contributed by atoms with E-state index in [1.807, 2.05) is 54.6 Å². The standard InChI is InChI=1S/C44H63NO13/c46-44(58-37-43-41-13-6-4-11-39(41)40-12-5-7-14-42(40)43)45-15-8-16-47-17-18-48-19-20-49-21-22-50-23-24-51-25-26-52-27-28-53-29-30-54-31-32-55-33-34-56-35-36-57-38-9-2-1-3-10-38/h1-7,9-14,43H,8,15-37H2,(H,45,46). The second-order valence-corrected chi connectivity index (χ2v) is 12.9. The van der Waals surface area contributed by atoms with Crippen LogP contribution in [0.4, 0.5) is 4.79 Å². The molecule has 0 saturated carbocycles. The van der Waals surface area contributed by atoms with Crippen molar-refractivity contribution in [3.63, 3.8) is 0 Å². The minimum absolute atomic E-state index is 0.0484. The molecule has 0 radical (unpaired) electrons. The number of hydrogen-bond acceptors (Lipinski definition) is 13. The minimum Gasteiger partial charge on any atom is -0.491 e. The molecule has 14 heteroatoms. The van der Waals surface area contributed by atoms with E-state index in [2.05, 4.69) is 29.6 Å². The highest BCUT2D eigenvalue weighted by Gasteiger charge is 2.28. The maximum absolute atomic E-state index is 12.3. The Morgan fingerprint density at radius 1 is 0.414 bits per heavy atom. The number of benzene rings is 3. The van der Waals surface area contributed by atoms with Crippen LogP contribution in [0.15, 0.2) is 78.9 Å². The first-order valence-electron chi connectivity index (χ1n) is 20.4. The Kier molecular flexibility index (Phi) is 26.1. The van der Waals surface area contributed by atoms with E-state index in [0.29, 0.717) is 158 Å². The second-order valence-electron chi connectivity index (χ2n) is 12.9. The van der Waals surface area contributed by atoms with E-state index in [1.165, 1.54) is 22.3 Å². The second kappa shape index (κ2) is 32.2. The van der Waals surface area contributed by atoms with Crippen molar-refractivity contribution in [1.29, 1.82) is 0 Å². The summed E-state index contributed by atoms with van der Waals surface area (Å²) >= 11 is 0. The van der Waals surface area contributed by atoms with Crippen molar-refractivity contribution >= 4 is 6.09 Å². The average Bonchev–Trinajstić information content (AvgIpc) is 3.58. The minimum atomic E-state index is -0.416. The molecule has 0 saturated heterocycles. The Morgan fingerprint density at radius 3 is 1.17 bits per heavy atom. The summed E-state index contributed by atoms with van der Waals surface area (Å²) in [5.41, 5.74) is 4.81. The van der Waals surface area contributed by atoms with Gasteiger partial charge < -0.3 is 62.2 Å². The Morgan fingerprint density at radius 2 is 0.759 bits per heavy atom. The van der Waals surface area contributed by atoms with Gasteiger partial charge in [0.25, 0.3) is 0 Å². The van der Waals surface area contributed by atoms with E-state index in [1.54, 1.807) is 0 Å². The first-order valence-corrected chi connectivity index (χ1v) is 20.4. The van der Waals surface area contributed by atoms with E-state index in [4.69, 9.17) is 56.8 Å². The molecule has 322 valence electrons. The third kappa shape index (κ3) is 20.8. The van der Waals surface area contributed by atoms with Crippen LogP contribution in [0.2, 0.25) is 0 Å². The Bertz CT molecular complexity index is 1400. The quantitative estimate of drug-likeness (QED) is 0.0768. The number of ether oxygens (including phenoxy) is 12. The molecular weight excluding hydrogens is 750 g/mol. The maximum atomic E-state index is 12.3. The molecule has 3 aromatic rings. The molecule has 58 heavy (non-hydrogen) atoms. The largest absolute Gasteiger partial charge is 0.491 e. The van der Waals surface area contributed by atoms with Gasteiger partial charge in [0.05, 0.1) is 126 Å². The first kappa shape index (κ1) is 47.0. The van der Waals surface area contributed by atoms with Gasteiger partial charge >= 0.3 is 6.09 Å². The molecule has 1 aliphatic carbocycles. The van der Waals surface area contributed by atoms with Gasteiger partial charge in [-0.25, -0.2) is 4.79 Å². The van der Waals surface area contributed by atoms with Crippen LogP contribution in [0.25, 0.3) is 11.1 Å². The lowest BCUT2D eigenvalue weighted by Gasteiger charge is -2.14. The molecule has 0 spiro atoms. The molecule has 0 heterocycles. The van der Waals surface area contributed by atoms with Gasteiger partial charge in [0.1, 0.15) is 19.0 Å². The third-order valence-corrected chi connectivity index (χ3v) is 8.67. The van der Waals surface area contributed by atoms with Gasteiger partial charge in [0.2, 0.25) is 0 Å². The number of alkyl carbamates (subject to hydrolysis) is 1. The van der Waals surface area contributed by atoms with Crippen molar-refractivity contribution in [1.82, 2.24) is 5.32 Å². The van der Waals surface area contributed by atoms with Crippen molar-refractivity contribution < 1.29 is 61.6 Å². The SMILES string of the molecule is O=C(NCCCOCCOCCOCCOCCOCCOCCOCCOCCOCCOCCOc1ccccc1)OCC1c2ccccc2-c2ccccc21. The van der Waals surface area contributed by atoms with Crippen LogP contribution in [-0.4, -0.2) is 158 Å². The normalized spacial score (nSPS) is 12.1. The van der Waals surface area contributed by atoms with Gasteiger partial charge in [-0.1, -0.05) is 66.7 Å². The predicted molar refractivity (Wildman–Crippen MR) is 218 cm³/mol. The van der Waals surface area contributed by atoms with Crippen LogP contribution in [-0.2, 0) is 52.1 Å². The smallest absolute Gasteiger partial charge is 0.407 e. The fourth-order valence-electron chi connectivity index (χ4n) is 5.83. The zero-order chi connectivity index (χ0) is 40.4. The van der Waals surface area contributed by atoms with Gasteiger partial charge in [-0.3, -0.25) is 0 Å². The highest BCUT2D eigenvalue weighted by atomic mass is 16.6. The Balaban J connectivity index is 0.772. The van der Waals surface area contributed by atoms with Crippen molar-refractivity contribution in [3.05, 3.63) is 90.0 Å². The fourth-order valence-corrected chi connectivity index (χ4v) is 5.83. The van der Waals surface area contributed by atoms with Gasteiger partial charge in [-0.05, 0) is 40.8 Å². The zero-order valence-corrected chi connectivity index (χ0v) is 33.9. The number of fused-ring (bicyclic) bond motifs is 3. The van der Waals surface area contributed by atoms with Crippen LogP contribution in [0.5, 0.6) is 5.75 Å². The lowest BCUT2D eigenvalue weighted by molar-refractivity contribution is -0.0267. The Hall–Kier alpha value is -3.67. The van der Waals surface area contributed by atoms with Crippen molar-refractivity contribution in [2.45, 2.75) is 12.3 Å². The summed E-state index contributed by atoms with van der Waals surface area (Å²) in [6.07, 6.45) is 0.268. The highest BCUT2D eigenvalue weighted by Crippen LogP contribution is 2.44. The molecule has 0 aliphatic heterocycles. The van der Waals surface area contributed by atoms with Crippen LogP contribution in [0.3, 0.4) is 0 Å². The van der Waals surface area contributed by atoms with Gasteiger partial charge in [-0.15, -0.1) is 0 Å². The van der Waals surface area contributed by atoms with E-state index < -0.39 is 6.09 Å². The van der Waals surface area contributed by atoms with E-state index in [-0.39, 0.29) is 5.92 Å². The summed E-state index contributed by atoms with van der Waals surface area (Å²) in [7, 11) is 0. The van der Waals surface area contributed by atoms with E-state index >= 15 is 0 Å². The van der Waals surface area contributed by atoms with Gasteiger partial charge in [-0.2, -0.15) is 0 Å². The fraction of sp³-hybridized carbons (Fsp3) is 0.568. The molecular formula is C44H63NO13. The number of carbonyl (C=O) groups is 1. The number of rotatable bonds is 37. The molecule has 0 bridgehead atoms. The molecule has 1 aliphatic rings. The summed E-state index contributed by atoms with van der Waals surface area (Å²) in [6.45, 7) is 11.3. The molecule has 1 amide bonds. The van der Waals surface area contributed by atoms with Crippen LogP contribution in [0.1, 0.15) is 23.5 Å². The molecule has 3 aromatic carbocycles. The monoisotopic (exact) mass is 813 g/mol. The van der Waals surface area contributed by atoms with E-state index in [9.17, 15) is 4.79 Å². The van der Waals surface area contributed by atoms with Crippen LogP contribution in [0, 0.1) is 0 Å². The van der Waals surface area contributed by atoms with Gasteiger partial charge in [0.15, 0.2) is 0 Å². The number of carbonyl (C=O) groups excluding carboxylic acids is 1.